The van der Waals surface area contributed by atoms with Gasteiger partial charge < -0.3 is 13.6 Å². The van der Waals surface area contributed by atoms with Crippen molar-refractivity contribution in [2.24, 2.45) is 0 Å². The van der Waals surface area contributed by atoms with Crippen LogP contribution in [-0.4, -0.2) is 9.13 Å². The lowest BCUT2D eigenvalue weighted by Gasteiger charge is -2.09. The molecule has 0 aliphatic heterocycles. The second-order valence-electron chi connectivity index (χ2n) is 9.85. The largest absolute Gasteiger partial charge is 0.456 e. The topological polar surface area (TPSA) is 23.0 Å². The molecule has 0 amide bonds. The van der Waals surface area contributed by atoms with Crippen LogP contribution in [0.2, 0.25) is 0 Å². The highest BCUT2D eigenvalue weighted by Gasteiger charge is 2.21. The van der Waals surface area contributed by atoms with E-state index in [9.17, 15) is 9.60 Å². The summed E-state index contributed by atoms with van der Waals surface area (Å²) in [5, 5.41) is -2.33. The maximum absolute atomic E-state index is 9.71. The van der Waals surface area contributed by atoms with Crippen LogP contribution in [0.1, 0.15) is 34.3 Å². The molecule has 0 bridgehead atoms. The minimum Gasteiger partial charge on any atom is -0.456 e. The van der Waals surface area contributed by atoms with Gasteiger partial charge >= 0.3 is 0 Å². The average molecular weight is 600 g/mol. The van der Waals surface area contributed by atoms with E-state index in [0.29, 0.717) is 0 Å². The summed E-state index contributed by atoms with van der Waals surface area (Å²) in [4.78, 5) is 0. The van der Waals surface area contributed by atoms with E-state index in [2.05, 4.69) is 0 Å². The van der Waals surface area contributed by atoms with Crippen LogP contribution in [0.3, 0.4) is 0 Å². The molecule has 3 heteroatoms. The van der Waals surface area contributed by atoms with Crippen LogP contribution in [0.25, 0.3) is 88.1 Å². The fourth-order valence-corrected chi connectivity index (χ4v) is 5.84. The molecule has 10 aromatic rings. The minimum atomic E-state index is -0.908. The van der Waals surface area contributed by atoms with Gasteiger partial charge in [0.1, 0.15) is 11.2 Å². The van der Waals surface area contributed by atoms with Crippen molar-refractivity contribution >= 4 is 65.6 Å². The fourth-order valence-electron chi connectivity index (χ4n) is 5.84. The summed E-state index contributed by atoms with van der Waals surface area (Å²) < 4.78 is 230. The van der Waals surface area contributed by atoms with Gasteiger partial charge in [0.15, 0.2) is 0 Å². The Bertz CT molecular complexity index is 4130. The molecule has 210 valence electrons. The highest BCUT2D eigenvalue weighted by Crippen LogP contribution is 2.43. The Morgan fingerprint density at radius 3 is 1.82 bits per heavy atom. The van der Waals surface area contributed by atoms with Crippen molar-refractivity contribution in [3.63, 3.8) is 0 Å². The van der Waals surface area contributed by atoms with Gasteiger partial charge in [-0.1, -0.05) is 96.7 Å². The number of hydrogen-bond acceptors (Lipinski definition) is 1. The van der Waals surface area contributed by atoms with E-state index in [1.807, 2.05) is 0 Å². The lowest BCUT2D eigenvalue weighted by molar-refractivity contribution is 0.668. The number of fused-ring (bicyclic) bond motifs is 10. The van der Waals surface area contributed by atoms with Gasteiger partial charge in [-0.05, 0) is 65.5 Å². The monoisotopic (exact) mass is 599 g/mol. The number of para-hydroxylation sites is 3. The number of aromatic nitrogens is 2. The van der Waals surface area contributed by atoms with Gasteiger partial charge in [-0.3, -0.25) is 0 Å². The van der Waals surface area contributed by atoms with E-state index in [0.717, 1.165) is 15.2 Å². The number of furan rings is 1. The zero-order valence-electron chi connectivity index (χ0n) is 47.4. The lowest BCUT2D eigenvalue weighted by Crippen LogP contribution is -1.94. The standard InChI is InChI=1S/C42H26N2O/c1-3-12-27(13-4-1)30-18-11-21-38-40(30)33-23-22-29(26-39(33)45-38)44-35-20-10-8-17-32(35)42-37(44)25-24-36-41(42)31-16-7-9-19-34(31)43(36)28-14-5-2-6-15-28/h1-26H/i1D,2D,3D,4D,5D,6D,7D,8D,9D,10D,11D,12D,13D,14D,15D,16D,17D,18D,19D,20D,21D,22D,23D,25D,26D. The molecule has 10 rings (SSSR count). The van der Waals surface area contributed by atoms with Crippen LogP contribution in [-0.2, 0) is 0 Å². The van der Waals surface area contributed by atoms with Crippen molar-refractivity contribution in [3.8, 4) is 22.5 Å². The third-order valence-electron chi connectivity index (χ3n) is 7.58. The van der Waals surface area contributed by atoms with E-state index >= 15 is 0 Å². The third kappa shape index (κ3) is 3.41. The summed E-state index contributed by atoms with van der Waals surface area (Å²) in [6.45, 7) is 0. The van der Waals surface area contributed by atoms with Gasteiger partial charge in [0, 0.05) is 49.7 Å². The molecule has 45 heavy (non-hydrogen) atoms. The summed E-state index contributed by atoms with van der Waals surface area (Å²) in [6.07, 6.45) is 0. The van der Waals surface area contributed by atoms with Gasteiger partial charge in [-0.2, -0.15) is 0 Å². The first-order chi connectivity index (χ1) is 32.7. The summed E-state index contributed by atoms with van der Waals surface area (Å²) in [6, 6.07) is -19.1. The SMILES string of the molecule is [2H]c1c([2H])c([2H])c(-c2c([2H])c([2H])c([2H])c3oc4c([2H])c(-n5c6c([2H])c([2H])c([2H])c([2H])c6c6c7c8c([2H])c([2H])c([2H])c([2H])c8n(-c8c([2H])c([2H])c([2H])c([2H])c8[2H])c7cc([2H])c65)c([2H])c([2H])c4c23)c([2H])c1[2H]. The summed E-state index contributed by atoms with van der Waals surface area (Å²) in [5.41, 5.74) is -5.33. The molecule has 0 saturated carbocycles. The molecule has 3 nitrogen and oxygen atoms in total. The first kappa shape index (κ1) is 10.5. The van der Waals surface area contributed by atoms with Crippen molar-refractivity contribution in [3.05, 3.63) is 157 Å². The predicted molar refractivity (Wildman–Crippen MR) is 188 cm³/mol. The van der Waals surface area contributed by atoms with Gasteiger partial charge in [0.25, 0.3) is 0 Å². The molecule has 3 aromatic heterocycles. The van der Waals surface area contributed by atoms with Crippen molar-refractivity contribution in [2.45, 2.75) is 0 Å². The van der Waals surface area contributed by atoms with Crippen molar-refractivity contribution in [1.29, 1.82) is 0 Å². The first-order valence-corrected chi connectivity index (χ1v) is 13.3. The molecule has 0 saturated heterocycles. The van der Waals surface area contributed by atoms with Crippen LogP contribution in [0.5, 0.6) is 0 Å². The molecule has 7 aromatic carbocycles. The Morgan fingerprint density at radius 2 is 1.07 bits per heavy atom. The van der Waals surface area contributed by atoms with Crippen molar-refractivity contribution in [2.75, 3.05) is 0 Å². The molecular weight excluding hydrogens is 548 g/mol. The maximum Gasteiger partial charge on any atom is 0.137 e. The van der Waals surface area contributed by atoms with E-state index in [-0.39, 0.29) is 21.7 Å². The normalized spacial score (nSPS) is 19.8. The van der Waals surface area contributed by atoms with Gasteiger partial charge in [0.2, 0.25) is 0 Å². The van der Waals surface area contributed by atoms with Crippen LogP contribution >= 0.6 is 0 Å². The molecule has 0 aliphatic carbocycles. The summed E-state index contributed by atoms with van der Waals surface area (Å²) in [7, 11) is 0. The Kier molecular flexibility index (Phi) is 2.16. The van der Waals surface area contributed by atoms with Crippen molar-refractivity contribution < 1.29 is 38.7 Å². The van der Waals surface area contributed by atoms with Crippen LogP contribution in [0, 0.1) is 0 Å². The van der Waals surface area contributed by atoms with Gasteiger partial charge in [-0.15, -0.1) is 0 Å². The fraction of sp³-hybridized carbons (Fsp3) is 0. The summed E-state index contributed by atoms with van der Waals surface area (Å²) in [5.74, 6) is 0. The Hall–Kier alpha value is -6.06. The molecule has 0 aliphatic rings. The molecule has 0 fully saturated rings. The molecule has 0 unspecified atom stereocenters. The Balaban J connectivity index is 1.47. The zero-order chi connectivity index (χ0) is 51.2. The molecule has 0 N–H and O–H groups in total. The molecule has 0 spiro atoms. The molecule has 0 radical (unpaired) electrons. The zero-order valence-corrected chi connectivity index (χ0v) is 22.4. The molecular formula is C42H26N2O. The van der Waals surface area contributed by atoms with Gasteiger partial charge in [0.05, 0.1) is 56.3 Å². The first-order valence-electron chi connectivity index (χ1n) is 25.8. The minimum absolute atomic E-state index is 0.268. The number of rotatable bonds is 3. The van der Waals surface area contributed by atoms with E-state index < -0.39 is 217 Å². The lowest BCUT2D eigenvalue weighted by atomic mass is 9.99. The molecule has 0 atom stereocenters. The second-order valence-corrected chi connectivity index (χ2v) is 9.85. The van der Waals surface area contributed by atoms with Crippen molar-refractivity contribution in [1.82, 2.24) is 9.13 Å². The number of hydrogen-bond donors (Lipinski definition) is 0. The molecule has 3 heterocycles. The van der Waals surface area contributed by atoms with Crippen LogP contribution < -0.4 is 0 Å². The Labute approximate surface area is 293 Å². The third-order valence-corrected chi connectivity index (χ3v) is 7.58. The number of benzene rings is 7. The maximum atomic E-state index is 9.71. The quantitative estimate of drug-likeness (QED) is 0.198. The van der Waals surface area contributed by atoms with E-state index in [4.69, 9.17) is 29.1 Å². The predicted octanol–water partition coefficient (Wildman–Crippen LogP) is 11.4. The second kappa shape index (κ2) is 9.22. The highest BCUT2D eigenvalue weighted by atomic mass is 16.3. The van der Waals surface area contributed by atoms with Crippen LogP contribution in [0.15, 0.2) is 162 Å². The average Bonchev–Trinajstić information content (AvgIpc) is 4.01. The smallest absolute Gasteiger partial charge is 0.137 e. The summed E-state index contributed by atoms with van der Waals surface area (Å²) >= 11 is 0. The van der Waals surface area contributed by atoms with Gasteiger partial charge in [-0.25, -0.2) is 0 Å². The van der Waals surface area contributed by atoms with E-state index in [1.165, 1.54) is 0 Å². The van der Waals surface area contributed by atoms with Crippen LogP contribution in [0.4, 0.5) is 0 Å². The Morgan fingerprint density at radius 1 is 0.422 bits per heavy atom. The number of nitrogens with zero attached hydrogens (tertiary/aromatic N) is 2. The highest BCUT2D eigenvalue weighted by molar-refractivity contribution is 6.29. The van der Waals surface area contributed by atoms with E-state index in [1.54, 1.807) is 0 Å².